The molecule has 0 amide bonds. The Hall–Kier alpha value is -0.770. The third kappa shape index (κ3) is 3.66. The molecule has 20 heavy (non-hydrogen) atoms. The van der Waals surface area contributed by atoms with Crippen molar-refractivity contribution >= 4 is 35.0 Å². The SMILES string of the molecule is Cc1ccccc1SCc1nc(Cl)c(C(C)C)c(Cl)n1. The molecule has 2 nitrogen and oxygen atoms in total. The maximum atomic E-state index is 6.20. The summed E-state index contributed by atoms with van der Waals surface area (Å²) < 4.78 is 0. The lowest BCUT2D eigenvalue weighted by Crippen LogP contribution is -2.01. The molecule has 0 aliphatic rings. The van der Waals surface area contributed by atoms with Gasteiger partial charge in [-0.25, -0.2) is 9.97 Å². The smallest absolute Gasteiger partial charge is 0.142 e. The van der Waals surface area contributed by atoms with E-state index in [1.807, 2.05) is 26.0 Å². The summed E-state index contributed by atoms with van der Waals surface area (Å²) in [6.07, 6.45) is 0. The van der Waals surface area contributed by atoms with Gasteiger partial charge in [-0.15, -0.1) is 11.8 Å². The molecule has 1 heterocycles. The molecular weight excluding hydrogens is 311 g/mol. The van der Waals surface area contributed by atoms with Crippen LogP contribution in [0.25, 0.3) is 0 Å². The van der Waals surface area contributed by atoms with E-state index in [9.17, 15) is 0 Å². The molecule has 0 radical (unpaired) electrons. The zero-order valence-corrected chi connectivity index (χ0v) is 14.0. The van der Waals surface area contributed by atoms with Crippen molar-refractivity contribution in [2.75, 3.05) is 0 Å². The number of rotatable bonds is 4. The first-order valence-corrected chi connectivity index (χ1v) is 8.13. The van der Waals surface area contributed by atoms with Crippen LogP contribution >= 0.6 is 35.0 Å². The highest BCUT2D eigenvalue weighted by Gasteiger charge is 2.14. The standard InChI is InChI=1S/C15H16Cl2N2S/c1-9(2)13-14(16)18-12(19-15(13)17)8-20-11-7-5-4-6-10(11)3/h4-7,9H,8H2,1-3H3. The van der Waals surface area contributed by atoms with Crippen molar-refractivity contribution in [1.82, 2.24) is 9.97 Å². The quantitative estimate of drug-likeness (QED) is 0.547. The van der Waals surface area contributed by atoms with E-state index in [1.165, 1.54) is 10.5 Å². The fourth-order valence-electron chi connectivity index (χ4n) is 1.86. The monoisotopic (exact) mass is 326 g/mol. The molecule has 0 aliphatic heterocycles. The molecule has 0 fully saturated rings. The fourth-order valence-corrected chi connectivity index (χ4v) is 3.60. The molecule has 1 aromatic heterocycles. The van der Waals surface area contributed by atoms with Gasteiger partial charge in [0.2, 0.25) is 0 Å². The molecule has 5 heteroatoms. The maximum absolute atomic E-state index is 6.20. The first-order chi connectivity index (χ1) is 9.49. The third-order valence-corrected chi connectivity index (χ3v) is 4.67. The van der Waals surface area contributed by atoms with Crippen LogP contribution in [-0.4, -0.2) is 9.97 Å². The van der Waals surface area contributed by atoms with Gasteiger partial charge in [-0.2, -0.15) is 0 Å². The number of hydrogen-bond donors (Lipinski definition) is 0. The van der Waals surface area contributed by atoms with Crippen molar-refractivity contribution in [3.63, 3.8) is 0 Å². The van der Waals surface area contributed by atoms with E-state index in [0.29, 0.717) is 21.9 Å². The fraction of sp³-hybridized carbons (Fsp3) is 0.333. The molecule has 0 N–H and O–H groups in total. The highest BCUT2D eigenvalue weighted by atomic mass is 35.5. The average molecular weight is 327 g/mol. The minimum Gasteiger partial charge on any atom is -0.220 e. The van der Waals surface area contributed by atoms with Gasteiger partial charge in [0, 0.05) is 10.5 Å². The minimum absolute atomic E-state index is 0.216. The summed E-state index contributed by atoms with van der Waals surface area (Å²) in [5, 5.41) is 0.917. The van der Waals surface area contributed by atoms with Crippen LogP contribution in [0.1, 0.15) is 36.7 Å². The highest BCUT2D eigenvalue weighted by Crippen LogP contribution is 2.30. The van der Waals surface area contributed by atoms with Gasteiger partial charge < -0.3 is 0 Å². The molecule has 0 aliphatic carbocycles. The second-order valence-electron chi connectivity index (χ2n) is 4.84. The number of benzene rings is 1. The molecule has 0 atom stereocenters. The van der Waals surface area contributed by atoms with Crippen molar-refractivity contribution in [2.24, 2.45) is 0 Å². The Morgan fingerprint density at radius 1 is 1.10 bits per heavy atom. The first kappa shape index (κ1) is 15.6. The number of thioether (sulfide) groups is 1. The van der Waals surface area contributed by atoms with Crippen molar-refractivity contribution in [3.05, 3.63) is 51.5 Å². The van der Waals surface area contributed by atoms with Gasteiger partial charge in [-0.3, -0.25) is 0 Å². The molecule has 0 saturated carbocycles. The molecule has 0 saturated heterocycles. The Labute approximate surface area is 133 Å². The second-order valence-corrected chi connectivity index (χ2v) is 6.58. The van der Waals surface area contributed by atoms with E-state index in [2.05, 4.69) is 29.0 Å². The topological polar surface area (TPSA) is 25.8 Å². The number of nitrogens with zero attached hydrogens (tertiary/aromatic N) is 2. The van der Waals surface area contributed by atoms with Gasteiger partial charge in [0.25, 0.3) is 0 Å². The molecule has 1 aromatic carbocycles. The van der Waals surface area contributed by atoms with Gasteiger partial charge in [-0.1, -0.05) is 55.2 Å². The molecule has 2 aromatic rings. The zero-order valence-electron chi connectivity index (χ0n) is 11.7. The van der Waals surface area contributed by atoms with Crippen LogP contribution in [-0.2, 0) is 5.75 Å². The molecule has 2 rings (SSSR count). The maximum Gasteiger partial charge on any atom is 0.142 e. The van der Waals surface area contributed by atoms with E-state index in [0.717, 1.165) is 5.56 Å². The lowest BCUT2D eigenvalue weighted by molar-refractivity contribution is 0.837. The summed E-state index contributed by atoms with van der Waals surface area (Å²) in [5.41, 5.74) is 2.06. The van der Waals surface area contributed by atoms with Crippen molar-refractivity contribution < 1.29 is 0 Å². The molecule has 106 valence electrons. The largest absolute Gasteiger partial charge is 0.220 e. The number of hydrogen-bond acceptors (Lipinski definition) is 3. The van der Waals surface area contributed by atoms with E-state index in [4.69, 9.17) is 23.2 Å². The third-order valence-electron chi connectivity index (χ3n) is 2.93. The van der Waals surface area contributed by atoms with Crippen LogP contribution in [0.5, 0.6) is 0 Å². The number of halogens is 2. The molecule has 0 bridgehead atoms. The van der Waals surface area contributed by atoms with Crippen LogP contribution in [0.2, 0.25) is 10.3 Å². The summed E-state index contributed by atoms with van der Waals surface area (Å²) in [7, 11) is 0. The summed E-state index contributed by atoms with van der Waals surface area (Å²) >= 11 is 14.1. The van der Waals surface area contributed by atoms with E-state index in [1.54, 1.807) is 11.8 Å². The van der Waals surface area contributed by atoms with Gasteiger partial charge in [0.05, 0.1) is 5.75 Å². The second kappa shape index (κ2) is 6.79. The van der Waals surface area contributed by atoms with Crippen molar-refractivity contribution in [1.29, 1.82) is 0 Å². The summed E-state index contributed by atoms with van der Waals surface area (Å²) in [4.78, 5) is 9.92. The highest BCUT2D eigenvalue weighted by molar-refractivity contribution is 7.98. The molecular formula is C15H16Cl2N2S. The Balaban J connectivity index is 2.17. The average Bonchev–Trinajstić information content (AvgIpc) is 2.36. The Morgan fingerprint density at radius 2 is 1.70 bits per heavy atom. The molecule has 0 spiro atoms. The number of aromatic nitrogens is 2. The predicted octanol–water partition coefficient (Wildman–Crippen LogP) is 5.51. The van der Waals surface area contributed by atoms with E-state index in [-0.39, 0.29) is 5.92 Å². The van der Waals surface area contributed by atoms with Crippen molar-refractivity contribution in [2.45, 2.75) is 37.3 Å². The van der Waals surface area contributed by atoms with Gasteiger partial charge in [-0.05, 0) is 24.5 Å². The predicted molar refractivity (Wildman–Crippen MR) is 86.9 cm³/mol. The van der Waals surface area contributed by atoms with Crippen LogP contribution < -0.4 is 0 Å². The van der Waals surface area contributed by atoms with Gasteiger partial charge >= 0.3 is 0 Å². The van der Waals surface area contributed by atoms with E-state index < -0.39 is 0 Å². The molecule has 0 unspecified atom stereocenters. The zero-order chi connectivity index (χ0) is 14.7. The van der Waals surface area contributed by atoms with Gasteiger partial charge in [0.15, 0.2) is 0 Å². The van der Waals surface area contributed by atoms with Crippen molar-refractivity contribution in [3.8, 4) is 0 Å². The summed E-state index contributed by atoms with van der Waals surface area (Å²) in [6.45, 7) is 6.14. The normalized spacial score (nSPS) is 11.1. The van der Waals surface area contributed by atoms with Crippen LogP contribution in [0, 0.1) is 6.92 Å². The minimum atomic E-state index is 0.216. The Morgan fingerprint density at radius 3 is 2.25 bits per heavy atom. The number of aryl methyl sites for hydroxylation is 1. The van der Waals surface area contributed by atoms with Gasteiger partial charge in [0.1, 0.15) is 16.1 Å². The van der Waals surface area contributed by atoms with Crippen LogP contribution in [0.4, 0.5) is 0 Å². The lowest BCUT2D eigenvalue weighted by Gasteiger charge is -2.11. The van der Waals surface area contributed by atoms with Crippen LogP contribution in [0.15, 0.2) is 29.2 Å². The van der Waals surface area contributed by atoms with E-state index >= 15 is 0 Å². The van der Waals surface area contributed by atoms with Crippen LogP contribution in [0.3, 0.4) is 0 Å². The Bertz CT molecular complexity index is 592. The first-order valence-electron chi connectivity index (χ1n) is 6.39. The Kier molecular flexibility index (Phi) is 5.30. The summed E-state index contributed by atoms with van der Waals surface area (Å²) in [6, 6.07) is 8.23. The lowest BCUT2D eigenvalue weighted by atomic mass is 10.1. The summed E-state index contributed by atoms with van der Waals surface area (Å²) in [5.74, 6) is 1.54.